The molecule has 0 aliphatic carbocycles. The highest BCUT2D eigenvalue weighted by molar-refractivity contribution is 5.78. The molecule has 4 rings (SSSR count). The first-order chi connectivity index (χ1) is 12.7. The monoisotopic (exact) mass is 345 g/mol. The molecule has 0 saturated carbocycles. The Kier molecular flexibility index (Phi) is 4.23. The van der Waals surface area contributed by atoms with Crippen LogP contribution in [-0.4, -0.2) is 26.6 Å². The Labute approximate surface area is 151 Å². The summed E-state index contributed by atoms with van der Waals surface area (Å²) in [6, 6.07) is 18.0. The zero-order chi connectivity index (χ0) is 17.9. The third-order valence-electron chi connectivity index (χ3n) is 4.29. The summed E-state index contributed by atoms with van der Waals surface area (Å²) in [5, 5.41) is 3.35. The summed E-state index contributed by atoms with van der Waals surface area (Å²) in [7, 11) is 1.65. The topological polar surface area (TPSA) is 64.9 Å². The molecule has 6 nitrogen and oxygen atoms in total. The van der Waals surface area contributed by atoms with E-state index in [1.54, 1.807) is 19.6 Å². The van der Waals surface area contributed by atoms with E-state index in [1.165, 1.54) is 5.56 Å². The molecule has 2 heterocycles. The Morgan fingerprint density at radius 1 is 1.04 bits per heavy atom. The minimum atomic E-state index is 0.103. The zero-order valence-corrected chi connectivity index (χ0v) is 14.6. The number of methoxy groups -OCH3 is 1. The van der Waals surface area contributed by atoms with Crippen LogP contribution < -0.4 is 10.1 Å². The molecular weight excluding hydrogens is 326 g/mol. The standard InChI is InChI=1S/C20H19N5O/c1-14(15-6-4-3-5-7-15)23-20-21-11-10-19(24-20)25-13-22-17-9-8-16(26-2)12-18(17)25/h3-14H,1-2H3,(H,21,23,24). The fourth-order valence-electron chi connectivity index (χ4n) is 2.87. The molecule has 6 heteroatoms. The van der Waals surface area contributed by atoms with Gasteiger partial charge in [-0.05, 0) is 30.7 Å². The van der Waals surface area contributed by atoms with E-state index in [0.717, 1.165) is 22.6 Å². The lowest BCUT2D eigenvalue weighted by Crippen LogP contribution is -2.10. The number of ether oxygens (including phenoxy) is 1. The molecule has 0 aliphatic rings. The van der Waals surface area contributed by atoms with Crippen LogP contribution in [0.5, 0.6) is 5.75 Å². The van der Waals surface area contributed by atoms with Gasteiger partial charge in [-0.1, -0.05) is 30.3 Å². The van der Waals surface area contributed by atoms with Crippen molar-refractivity contribution in [3.05, 3.63) is 72.7 Å². The van der Waals surface area contributed by atoms with E-state index in [2.05, 4.69) is 39.3 Å². The summed E-state index contributed by atoms with van der Waals surface area (Å²) in [6.07, 6.45) is 3.51. The van der Waals surface area contributed by atoms with E-state index in [0.29, 0.717) is 5.95 Å². The highest BCUT2D eigenvalue weighted by Crippen LogP contribution is 2.23. The number of anilines is 1. The van der Waals surface area contributed by atoms with Gasteiger partial charge in [0.2, 0.25) is 5.95 Å². The smallest absolute Gasteiger partial charge is 0.225 e. The van der Waals surface area contributed by atoms with Crippen LogP contribution in [0.3, 0.4) is 0 Å². The number of benzene rings is 2. The van der Waals surface area contributed by atoms with Gasteiger partial charge in [0.05, 0.1) is 24.2 Å². The molecular formula is C20H19N5O. The third-order valence-corrected chi connectivity index (χ3v) is 4.29. The van der Waals surface area contributed by atoms with Crippen LogP contribution >= 0.6 is 0 Å². The fraction of sp³-hybridized carbons (Fsp3) is 0.150. The maximum Gasteiger partial charge on any atom is 0.225 e. The van der Waals surface area contributed by atoms with E-state index in [1.807, 2.05) is 47.0 Å². The summed E-state index contributed by atoms with van der Waals surface area (Å²) in [4.78, 5) is 13.4. The summed E-state index contributed by atoms with van der Waals surface area (Å²) < 4.78 is 7.25. The van der Waals surface area contributed by atoms with Crippen molar-refractivity contribution in [1.29, 1.82) is 0 Å². The quantitative estimate of drug-likeness (QED) is 0.592. The van der Waals surface area contributed by atoms with Crippen molar-refractivity contribution in [3.63, 3.8) is 0 Å². The van der Waals surface area contributed by atoms with E-state index in [-0.39, 0.29) is 6.04 Å². The molecule has 0 bridgehead atoms. The number of fused-ring (bicyclic) bond motifs is 1. The SMILES string of the molecule is COc1ccc2ncn(-c3ccnc(NC(C)c4ccccc4)n3)c2c1. The van der Waals surface area contributed by atoms with Gasteiger partial charge in [0, 0.05) is 12.3 Å². The number of imidazole rings is 1. The molecule has 0 amide bonds. The molecule has 0 radical (unpaired) electrons. The van der Waals surface area contributed by atoms with Crippen LogP contribution in [0.15, 0.2) is 67.1 Å². The Morgan fingerprint density at radius 2 is 1.88 bits per heavy atom. The average molecular weight is 345 g/mol. The van der Waals surface area contributed by atoms with Gasteiger partial charge in [-0.3, -0.25) is 4.57 Å². The molecule has 0 aliphatic heterocycles. The number of nitrogens with zero attached hydrogens (tertiary/aromatic N) is 4. The molecule has 0 saturated heterocycles. The third kappa shape index (κ3) is 3.09. The molecule has 4 aromatic rings. The van der Waals surface area contributed by atoms with Crippen molar-refractivity contribution in [2.45, 2.75) is 13.0 Å². The summed E-state index contributed by atoms with van der Waals surface area (Å²) in [6.45, 7) is 2.09. The lowest BCUT2D eigenvalue weighted by molar-refractivity contribution is 0.415. The van der Waals surface area contributed by atoms with Crippen molar-refractivity contribution >= 4 is 17.0 Å². The Morgan fingerprint density at radius 3 is 2.69 bits per heavy atom. The van der Waals surface area contributed by atoms with Gasteiger partial charge >= 0.3 is 0 Å². The normalized spacial score (nSPS) is 12.1. The van der Waals surface area contributed by atoms with Crippen LogP contribution in [-0.2, 0) is 0 Å². The first kappa shape index (κ1) is 16.1. The van der Waals surface area contributed by atoms with Crippen molar-refractivity contribution in [2.24, 2.45) is 0 Å². The second kappa shape index (κ2) is 6.84. The number of aromatic nitrogens is 4. The maximum atomic E-state index is 5.32. The second-order valence-electron chi connectivity index (χ2n) is 5.98. The minimum Gasteiger partial charge on any atom is -0.497 e. The van der Waals surface area contributed by atoms with Crippen molar-refractivity contribution in [1.82, 2.24) is 19.5 Å². The van der Waals surface area contributed by atoms with E-state index < -0.39 is 0 Å². The predicted molar refractivity (Wildman–Crippen MR) is 102 cm³/mol. The van der Waals surface area contributed by atoms with Crippen LogP contribution in [0.2, 0.25) is 0 Å². The van der Waals surface area contributed by atoms with E-state index in [4.69, 9.17) is 4.74 Å². The van der Waals surface area contributed by atoms with Gasteiger partial charge in [-0.25, -0.2) is 9.97 Å². The van der Waals surface area contributed by atoms with Gasteiger partial charge < -0.3 is 10.1 Å². The Hall–Kier alpha value is -3.41. The molecule has 26 heavy (non-hydrogen) atoms. The summed E-state index contributed by atoms with van der Waals surface area (Å²) >= 11 is 0. The van der Waals surface area contributed by atoms with Crippen molar-refractivity contribution < 1.29 is 4.74 Å². The van der Waals surface area contributed by atoms with Gasteiger partial charge in [0.25, 0.3) is 0 Å². The van der Waals surface area contributed by atoms with E-state index in [9.17, 15) is 0 Å². The van der Waals surface area contributed by atoms with Crippen molar-refractivity contribution in [3.8, 4) is 11.6 Å². The first-order valence-corrected chi connectivity index (χ1v) is 8.40. The highest BCUT2D eigenvalue weighted by atomic mass is 16.5. The summed E-state index contributed by atoms with van der Waals surface area (Å²) in [5.74, 6) is 2.10. The van der Waals surface area contributed by atoms with Crippen LogP contribution in [0, 0.1) is 0 Å². The largest absolute Gasteiger partial charge is 0.497 e. The molecule has 1 N–H and O–H groups in total. The molecule has 130 valence electrons. The van der Waals surface area contributed by atoms with Gasteiger partial charge in [0.15, 0.2) is 0 Å². The second-order valence-corrected chi connectivity index (χ2v) is 5.98. The molecule has 1 unspecified atom stereocenters. The van der Waals surface area contributed by atoms with Crippen molar-refractivity contribution in [2.75, 3.05) is 12.4 Å². The van der Waals surface area contributed by atoms with Gasteiger partial charge in [-0.15, -0.1) is 0 Å². The van der Waals surface area contributed by atoms with Crippen LogP contribution in [0.25, 0.3) is 16.9 Å². The number of rotatable bonds is 5. The van der Waals surface area contributed by atoms with Gasteiger partial charge in [0.1, 0.15) is 17.9 Å². The molecule has 1 atom stereocenters. The Bertz CT molecular complexity index is 1030. The molecule has 0 fully saturated rings. The van der Waals surface area contributed by atoms with Gasteiger partial charge in [-0.2, -0.15) is 4.98 Å². The van der Waals surface area contributed by atoms with Crippen LogP contribution in [0.1, 0.15) is 18.5 Å². The average Bonchev–Trinajstić information content (AvgIpc) is 3.12. The van der Waals surface area contributed by atoms with Crippen LogP contribution in [0.4, 0.5) is 5.95 Å². The maximum absolute atomic E-state index is 5.32. The Balaban J connectivity index is 1.66. The zero-order valence-electron chi connectivity index (χ0n) is 14.6. The first-order valence-electron chi connectivity index (χ1n) is 8.40. The number of nitrogens with one attached hydrogen (secondary N) is 1. The fourth-order valence-corrected chi connectivity index (χ4v) is 2.87. The highest BCUT2D eigenvalue weighted by Gasteiger charge is 2.10. The lowest BCUT2D eigenvalue weighted by atomic mass is 10.1. The minimum absolute atomic E-state index is 0.103. The molecule has 2 aromatic heterocycles. The number of hydrogen-bond acceptors (Lipinski definition) is 5. The molecule has 0 spiro atoms. The number of hydrogen-bond donors (Lipinski definition) is 1. The molecule has 2 aromatic carbocycles. The predicted octanol–water partition coefficient (Wildman–Crippen LogP) is 4.00. The summed E-state index contributed by atoms with van der Waals surface area (Å²) in [5.41, 5.74) is 3.00. The lowest BCUT2D eigenvalue weighted by Gasteiger charge is -2.14. The van der Waals surface area contributed by atoms with E-state index >= 15 is 0 Å².